The van der Waals surface area contributed by atoms with E-state index in [2.05, 4.69) is 25.6 Å². The zero-order chi connectivity index (χ0) is 21.8. The van der Waals surface area contributed by atoms with Crippen LogP contribution in [-0.2, 0) is 4.74 Å². The van der Waals surface area contributed by atoms with Crippen LogP contribution in [0, 0.1) is 0 Å². The molecule has 0 spiro atoms. The number of ether oxygens (including phenoxy) is 1. The van der Waals surface area contributed by atoms with Gasteiger partial charge in [0.05, 0.1) is 0 Å². The molecule has 1 aliphatic carbocycles. The summed E-state index contributed by atoms with van der Waals surface area (Å²) in [5.74, 6) is 2.32. The fourth-order valence-electron chi connectivity index (χ4n) is 3.84. The van der Waals surface area contributed by atoms with Gasteiger partial charge in [-0.3, -0.25) is 0 Å². The zero-order valence-corrected chi connectivity index (χ0v) is 18.8. The highest BCUT2D eigenvalue weighted by Crippen LogP contribution is 2.39. The summed E-state index contributed by atoms with van der Waals surface area (Å²) in [5.41, 5.74) is 1.61. The molecule has 168 valence electrons. The van der Waals surface area contributed by atoms with E-state index < -0.39 is 5.60 Å². The third kappa shape index (κ3) is 6.19. The van der Waals surface area contributed by atoms with Gasteiger partial charge in [0, 0.05) is 50.0 Å². The third-order valence-corrected chi connectivity index (χ3v) is 5.54. The number of nitrogens with zero attached hydrogens (tertiary/aromatic N) is 3. The van der Waals surface area contributed by atoms with Crippen molar-refractivity contribution in [3.05, 3.63) is 30.1 Å². The van der Waals surface area contributed by atoms with E-state index in [1.54, 1.807) is 0 Å². The lowest BCUT2D eigenvalue weighted by atomic mass is 10.1. The molecule has 0 aromatic carbocycles. The molecular weight excluding hydrogens is 392 g/mol. The number of nitrogens with one attached hydrogen (secondary N) is 3. The summed E-state index contributed by atoms with van der Waals surface area (Å²) in [7, 11) is 0. The van der Waals surface area contributed by atoms with Crippen molar-refractivity contribution in [3.63, 3.8) is 0 Å². The van der Waals surface area contributed by atoms with E-state index in [4.69, 9.17) is 4.74 Å². The molecule has 4 rings (SSSR count). The molecule has 2 aliphatic rings. The number of aromatic nitrogens is 3. The summed E-state index contributed by atoms with van der Waals surface area (Å²) in [6, 6.07) is 6.23. The molecule has 8 heteroatoms. The summed E-state index contributed by atoms with van der Waals surface area (Å²) < 4.78 is 5.51. The Morgan fingerprint density at radius 3 is 2.87 bits per heavy atom. The molecule has 2 aromatic rings. The van der Waals surface area contributed by atoms with E-state index in [1.165, 1.54) is 18.5 Å². The second-order valence-electron chi connectivity index (χ2n) is 9.52. The van der Waals surface area contributed by atoms with Gasteiger partial charge in [-0.2, -0.15) is 0 Å². The van der Waals surface area contributed by atoms with E-state index in [0.717, 1.165) is 49.8 Å². The number of rotatable bonds is 7. The van der Waals surface area contributed by atoms with Gasteiger partial charge in [-0.05, 0) is 58.6 Å². The SMILES string of the molecule is CC(C)(C)OC(=O)N1CCCC(NCCNc2cccc(-c3ncc(C4CC4)[nH]3)n2)C1. The maximum Gasteiger partial charge on any atom is 0.410 e. The van der Waals surface area contributed by atoms with Crippen LogP contribution in [0.15, 0.2) is 24.4 Å². The van der Waals surface area contributed by atoms with Crippen LogP contribution in [0.25, 0.3) is 11.5 Å². The molecule has 3 N–H and O–H groups in total. The van der Waals surface area contributed by atoms with Crippen LogP contribution in [0.3, 0.4) is 0 Å². The Labute approximate surface area is 184 Å². The summed E-state index contributed by atoms with van der Waals surface area (Å²) in [6.45, 7) is 8.70. The van der Waals surface area contributed by atoms with E-state index in [0.29, 0.717) is 12.5 Å². The zero-order valence-electron chi connectivity index (χ0n) is 18.8. The minimum Gasteiger partial charge on any atom is -0.444 e. The number of carbonyl (C=O) groups is 1. The van der Waals surface area contributed by atoms with Gasteiger partial charge in [-0.15, -0.1) is 0 Å². The van der Waals surface area contributed by atoms with Crippen LogP contribution in [0.2, 0.25) is 0 Å². The second kappa shape index (κ2) is 9.26. The number of hydrogen-bond acceptors (Lipinski definition) is 6. The third-order valence-electron chi connectivity index (χ3n) is 5.54. The number of likely N-dealkylation sites (tertiary alicyclic amines) is 1. The lowest BCUT2D eigenvalue weighted by Crippen LogP contribution is -2.50. The topological polar surface area (TPSA) is 95.2 Å². The highest BCUT2D eigenvalue weighted by molar-refractivity contribution is 5.68. The number of hydrogen-bond donors (Lipinski definition) is 3. The summed E-state index contributed by atoms with van der Waals surface area (Å²) in [4.78, 5) is 26.7. The number of H-pyrrole nitrogens is 1. The van der Waals surface area contributed by atoms with E-state index in [-0.39, 0.29) is 12.1 Å². The second-order valence-corrected chi connectivity index (χ2v) is 9.52. The Morgan fingerprint density at radius 2 is 2.10 bits per heavy atom. The summed E-state index contributed by atoms with van der Waals surface area (Å²) >= 11 is 0. The van der Waals surface area contributed by atoms with Gasteiger partial charge < -0.3 is 25.3 Å². The first-order valence-corrected chi connectivity index (χ1v) is 11.3. The average Bonchev–Trinajstić information content (AvgIpc) is 3.47. The fraction of sp³-hybridized carbons (Fsp3) is 0.609. The van der Waals surface area contributed by atoms with Gasteiger partial charge in [0.25, 0.3) is 0 Å². The molecule has 0 bridgehead atoms. The van der Waals surface area contributed by atoms with Crippen LogP contribution in [0.5, 0.6) is 0 Å². The summed E-state index contributed by atoms with van der Waals surface area (Å²) in [5, 5.41) is 6.93. The fourth-order valence-corrected chi connectivity index (χ4v) is 3.84. The number of amides is 1. The maximum absolute atomic E-state index is 12.3. The van der Waals surface area contributed by atoms with Crippen molar-refractivity contribution in [2.24, 2.45) is 0 Å². The molecule has 8 nitrogen and oxygen atoms in total. The number of carbonyl (C=O) groups excluding carboxylic acids is 1. The van der Waals surface area contributed by atoms with Crippen molar-refractivity contribution < 1.29 is 9.53 Å². The van der Waals surface area contributed by atoms with Crippen molar-refractivity contribution in [1.29, 1.82) is 0 Å². The van der Waals surface area contributed by atoms with Crippen LogP contribution >= 0.6 is 0 Å². The van der Waals surface area contributed by atoms with Crippen molar-refractivity contribution in [2.75, 3.05) is 31.5 Å². The van der Waals surface area contributed by atoms with E-state index >= 15 is 0 Å². The Kier molecular flexibility index (Phi) is 6.46. The first-order valence-electron chi connectivity index (χ1n) is 11.3. The monoisotopic (exact) mass is 426 g/mol. The normalized spacial score (nSPS) is 19.3. The predicted octanol–water partition coefficient (Wildman–Crippen LogP) is 3.75. The van der Waals surface area contributed by atoms with Crippen LogP contribution in [0.1, 0.15) is 58.1 Å². The minimum atomic E-state index is -0.460. The predicted molar refractivity (Wildman–Crippen MR) is 121 cm³/mol. The van der Waals surface area contributed by atoms with Crippen LogP contribution in [-0.4, -0.2) is 63.8 Å². The van der Waals surface area contributed by atoms with Gasteiger partial charge in [-0.25, -0.2) is 14.8 Å². The number of piperidine rings is 1. The molecule has 31 heavy (non-hydrogen) atoms. The lowest BCUT2D eigenvalue weighted by molar-refractivity contribution is 0.0188. The lowest BCUT2D eigenvalue weighted by Gasteiger charge is -2.34. The highest BCUT2D eigenvalue weighted by Gasteiger charge is 2.27. The number of aromatic amines is 1. The molecule has 0 radical (unpaired) electrons. The first kappa shape index (κ1) is 21.6. The van der Waals surface area contributed by atoms with Gasteiger partial charge in [0.15, 0.2) is 5.82 Å². The first-order chi connectivity index (χ1) is 14.9. The summed E-state index contributed by atoms with van der Waals surface area (Å²) in [6.07, 6.45) is 6.26. The van der Waals surface area contributed by atoms with Gasteiger partial charge in [0.1, 0.15) is 17.1 Å². The number of pyridine rings is 1. The molecule has 2 fully saturated rings. The molecule has 1 aliphatic heterocycles. The molecule has 2 aromatic heterocycles. The van der Waals surface area contributed by atoms with Crippen molar-refractivity contribution in [1.82, 2.24) is 25.2 Å². The quantitative estimate of drug-likeness (QED) is 0.584. The van der Waals surface area contributed by atoms with Crippen LogP contribution < -0.4 is 10.6 Å². The molecule has 1 amide bonds. The Balaban J connectivity index is 1.22. The Bertz CT molecular complexity index is 886. The van der Waals surface area contributed by atoms with Crippen molar-refractivity contribution >= 4 is 11.9 Å². The largest absolute Gasteiger partial charge is 0.444 e. The van der Waals surface area contributed by atoms with Crippen LogP contribution in [0.4, 0.5) is 10.6 Å². The van der Waals surface area contributed by atoms with Gasteiger partial charge in [0.2, 0.25) is 0 Å². The van der Waals surface area contributed by atoms with Crippen molar-refractivity contribution in [2.45, 2.75) is 64.0 Å². The van der Waals surface area contributed by atoms with E-state index in [1.807, 2.05) is 50.1 Å². The molecule has 1 atom stereocenters. The molecule has 1 unspecified atom stereocenters. The average molecular weight is 427 g/mol. The number of anilines is 1. The Morgan fingerprint density at radius 1 is 1.26 bits per heavy atom. The number of imidazole rings is 1. The molecular formula is C23H34N6O2. The smallest absolute Gasteiger partial charge is 0.410 e. The van der Waals surface area contributed by atoms with E-state index in [9.17, 15) is 4.79 Å². The maximum atomic E-state index is 12.3. The standard InChI is InChI=1S/C23H34N6O2/c1-23(2,3)31-22(30)29-13-5-6-17(15-29)24-11-12-25-20-8-4-7-18(27-20)21-26-14-19(28-21)16-9-10-16/h4,7-8,14,16-17,24H,5-6,9-13,15H2,1-3H3,(H,25,27)(H,26,28). The van der Waals surface area contributed by atoms with Gasteiger partial charge >= 0.3 is 6.09 Å². The Hall–Kier alpha value is -2.61. The molecule has 3 heterocycles. The van der Waals surface area contributed by atoms with Crippen molar-refractivity contribution in [3.8, 4) is 11.5 Å². The highest BCUT2D eigenvalue weighted by atomic mass is 16.6. The van der Waals surface area contributed by atoms with Gasteiger partial charge in [-0.1, -0.05) is 6.07 Å². The molecule has 1 saturated heterocycles. The molecule has 1 saturated carbocycles. The minimum absolute atomic E-state index is 0.221.